The van der Waals surface area contributed by atoms with Crippen LogP contribution in [0.5, 0.6) is 5.75 Å². The SMILES string of the molecule is NCCc1cccc(Cl)c1OC1CCCC1. The minimum absolute atomic E-state index is 0.344. The first-order valence-corrected chi connectivity index (χ1v) is 6.33. The van der Waals surface area contributed by atoms with Gasteiger partial charge in [-0.3, -0.25) is 0 Å². The van der Waals surface area contributed by atoms with E-state index in [0.29, 0.717) is 17.7 Å². The molecule has 0 heterocycles. The van der Waals surface area contributed by atoms with Crippen molar-refractivity contribution in [2.45, 2.75) is 38.2 Å². The summed E-state index contributed by atoms with van der Waals surface area (Å²) in [6.45, 7) is 0.626. The van der Waals surface area contributed by atoms with Gasteiger partial charge < -0.3 is 10.5 Å². The van der Waals surface area contributed by atoms with Crippen LogP contribution in [-0.4, -0.2) is 12.6 Å². The van der Waals surface area contributed by atoms with Crippen molar-refractivity contribution in [1.82, 2.24) is 0 Å². The molecule has 1 saturated carbocycles. The summed E-state index contributed by atoms with van der Waals surface area (Å²) in [5.74, 6) is 0.849. The lowest BCUT2D eigenvalue weighted by Gasteiger charge is -2.17. The summed E-state index contributed by atoms with van der Waals surface area (Å²) in [6.07, 6.45) is 5.99. The van der Waals surface area contributed by atoms with Gasteiger partial charge in [-0.15, -0.1) is 0 Å². The summed E-state index contributed by atoms with van der Waals surface area (Å²) >= 11 is 6.18. The van der Waals surface area contributed by atoms with Crippen molar-refractivity contribution in [3.63, 3.8) is 0 Å². The molecule has 0 bridgehead atoms. The Labute approximate surface area is 102 Å². The molecule has 1 fully saturated rings. The first-order chi connectivity index (χ1) is 7.81. The van der Waals surface area contributed by atoms with Crippen LogP contribution in [0.4, 0.5) is 0 Å². The van der Waals surface area contributed by atoms with Crippen molar-refractivity contribution >= 4 is 11.6 Å². The lowest BCUT2D eigenvalue weighted by molar-refractivity contribution is 0.208. The minimum atomic E-state index is 0.344. The fourth-order valence-electron chi connectivity index (χ4n) is 2.21. The average molecular weight is 240 g/mol. The van der Waals surface area contributed by atoms with E-state index in [2.05, 4.69) is 0 Å². The number of hydrogen-bond donors (Lipinski definition) is 1. The van der Waals surface area contributed by atoms with E-state index in [9.17, 15) is 0 Å². The third-order valence-corrected chi connectivity index (χ3v) is 3.35. The quantitative estimate of drug-likeness (QED) is 0.876. The Balaban J connectivity index is 2.16. The van der Waals surface area contributed by atoms with Crippen LogP contribution in [0.3, 0.4) is 0 Å². The molecule has 0 unspecified atom stereocenters. The number of para-hydroxylation sites is 1. The number of hydrogen-bond acceptors (Lipinski definition) is 2. The van der Waals surface area contributed by atoms with E-state index in [4.69, 9.17) is 22.1 Å². The summed E-state index contributed by atoms with van der Waals surface area (Å²) in [6, 6.07) is 5.88. The fraction of sp³-hybridized carbons (Fsp3) is 0.538. The molecule has 1 aliphatic rings. The minimum Gasteiger partial charge on any atom is -0.489 e. The van der Waals surface area contributed by atoms with Crippen molar-refractivity contribution in [2.75, 3.05) is 6.54 Å². The Kier molecular flexibility index (Phi) is 4.08. The molecule has 0 spiro atoms. The summed E-state index contributed by atoms with van der Waals surface area (Å²) < 4.78 is 6.00. The Morgan fingerprint density at radius 2 is 2.06 bits per heavy atom. The lowest BCUT2D eigenvalue weighted by atomic mass is 10.1. The second-order valence-electron chi connectivity index (χ2n) is 4.29. The van der Waals surface area contributed by atoms with Crippen LogP contribution in [0, 0.1) is 0 Å². The Morgan fingerprint density at radius 3 is 2.75 bits per heavy atom. The van der Waals surface area contributed by atoms with Gasteiger partial charge in [-0.2, -0.15) is 0 Å². The van der Waals surface area contributed by atoms with Crippen LogP contribution in [0.25, 0.3) is 0 Å². The summed E-state index contributed by atoms with van der Waals surface area (Å²) in [5.41, 5.74) is 6.72. The van der Waals surface area contributed by atoms with E-state index in [-0.39, 0.29) is 0 Å². The highest BCUT2D eigenvalue weighted by molar-refractivity contribution is 6.32. The zero-order valence-electron chi connectivity index (χ0n) is 9.42. The molecule has 88 valence electrons. The maximum atomic E-state index is 6.18. The third-order valence-electron chi connectivity index (χ3n) is 3.05. The van der Waals surface area contributed by atoms with Gasteiger partial charge in [0.15, 0.2) is 0 Å². The third kappa shape index (κ3) is 2.69. The van der Waals surface area contributed by atoms with Crippen molar-refractivity contribution in [1.29, 1.82) is 0 Å². The van der Waals surface area contributed by atoms with Crippen molar-refractivity contribution in [2.24, 2.45) is 5.73 Å². The highest BCUT2D eigenvalue weighted by Crippen LogP contribution is 2.32. The fourth-order valence-corrected chi connectivity index (χ4v) is 2.45. The Bertz CT molecular complexity index is 348. The van der Waals surface area contributed by atoms with Gasteiger partial charge in [-0.25, -0.2) is 0 Å². The number of halogens is 1. The van der Waals surface area contributed by atoms with Gasteiger partial charge in [0.1, 0.15) is 5.75 Å². The monoisotopic (exact) mass is 239 g/mol. The smallest absolute Gasteiger partial charge is 0.141 e. The molecule has 0 radical (unpaired) electrons. The standard InChI is InChI=1S/C13H18ClNO/c14-12-7-3-4-10(8-9-15)13(12)16-11-5-1-2-6-11/h3-4,7,11H,1-2,5-6,8-9,15H2. The number of benzene rings is 1. The normalized spacial score (nSPS) is 16.6. The van der Waals surface area contributed by atoms with Gasteiger partial charge in [0.25, 0.3) is 0 Å². The maximum Gasteiger partial charge on any atom is 0.141 e. The molecule has 0 aromatic heterocycles. The zero-order chi connectivity index (χ0) is 11.4. The van der Waals surface area contributed by atoms with E-state index in [0.717, 1.165) is 30.6 Å². The van der Waals surface area contributed by atoms with E-state index in [1.165, 1.54) is 12.8 Å². The van der Waals surface area contributed by atoms with E-state index in [1.54, 1.807) is 0 Å². The molecule has 1 aliphatic carbocycles. The van der Waals surface area contributed by atoms with Crippen LogP contribution < -0.4 is 10.5 Å². The number of rotatable bonds is 4. The van der Waals surface area contributed by atoms with Crippen molar-refractivity contribution < 1.29 is 4.74 Å². The molecule has 0 atom stereocenters. The molecule has 0 amide bonds. The molecule has 2 N–H and O–H groups in total. The van der Waals surface area contributed by atoms with Crippen LogP contribution in [0.2, 0.25) is 5.02 Å². The van der Waals surface area contributed by atoms with Gasteiger partial charge in [-0.05, 0) is 50.3 Å². The second-order valence-corrected chi connectivity index (χ2v) is 4.70. The van der Waals surface area contributed by atoms with E-state index < -0.39 is 0 Å². The molecule has 3 heteroatoms. The lowest BCUT2D eigenvalue weighted by Crippen LogP contribution is -2.13. The number of nitrogens with two attached hydrogens (primary N) is 1. The van der Waals surface area contributed by atoms with Gasteiger partial charge >= 0.3 is 0 Å². The Morgan fingerprint density at radius 1 is 1.31 bits per heavy atom. The topological polar surface area (TPSA) is 35.2 Å². The molecular weight excluding hydrogens is 222 g/mol. The molecule has 1 aromatic rings. The van der Waals surface area contributed by atoms with Crippen LogP contribution in [-0.2, 0) is 6.42 Å². The highest BCUT2D eigenvalue weighted by Gasteiger charge is 2.19. The summed E-state index contributed by atoms with van der Waals surface area (Å²) in [4.78, 5) is 0. The van der Waals surface area contributed by atoms with Gasteiger partial charge in [0.05, 0.1) is 11.1 Å². The molecule has 16 heavy (non-hydrogen) atoms. The molecule has 1 aromatic carbocycles. The molecule has 0 aliphatic heterocycles. The van der Waals surface area contributed by atoms with Crippen LogP contribution in [0.1, 0.15) is 31.2 Å². The molecule has 2 rings (SSSR count). The molecule has 0 saturated heterocycles. The highest BCUT2D eigenvalue weighted by atomic mass is 35.5. The predicted octanol–water partition coefficient (Wildman–Crippen LogP) is 3.16. The van der Waals surface area contributed by atoms with Crippen molar-refractivity contribution in [3.05, 3.63) is 28.8 Å². The second kappa shape index (κ2) is 5.55. The van der Waals surface area contributed by atoms with Gasteiger partial charge in [-0.1, -0.05) is 23.7 Å². The largest absolute Gasteiger partial charge is 0.489 e. The maximum absolute atomic E-state index is 6.18. The molecular formula is C13H18ClNO. The zero-order valence-corrected chi connectivity index (χ0v) is 10.2. The van der Waals surface area contributed by atoms with Gasteiger partial charge in [0.2, 0.25) is 0 Å². The molecule has 2 nitrogen and oxygen atoms in total. The van der Waals surface area contributed by atoms with Gasteiger partial charge in [0, 0.05) is 0 Å². The van der Waals surface area contributed by atoms with Crippen LogP contribution in [0.15, 0.2) is 18.2 Å². The average Bonchev–Trinajstić information content (AvgIpc) is 2.76. The summed E-state index contributed by atoms with van der Waals surface area (Å²) in [5, 5.41) is 0.706. The van der Waals surface area contributed by atoms with E-state index in [1.807, 2.05) is 18.2 Å². The first kappa shape index (κ1) is 11.7. The predicted molar refractivity (Wildman–Crippen MR) is 67.1 cm³/mol. The van der Waals surface area contributed by atoms with Crippen LogP contribution >= 0.6 is 11.6 Å². The first-order valence-electron chi connectivity index (χ1n) is 5.95. The Hall–Kier alpha value is -0.730. The van der Waals surface area contributed by atoms with Crippen molar-refractivity contribution in [3.8, 4) is 5.75 Å². The van der Waals surface area contributed by atoms with E-state index >= 15 is 0 Å². The number of ether oxygens (including phenoxy) is 1. The summed E-state index contributed by atoms with van der Waals surface area (Å²) in [7, 11) is 0.